The summed E-state index contributed by atoms with van der Waals surface area (Å²) in [6.45, 7) is 69.4. The van der Waals surface area contributed by atoms with Gasteiger partial charge in [-0.3, -0.25) is 0 Å². The van der Waals surface area contributed by atoms with E-state index in [1.54, 1.807) is 11.1 Å². The predicted molar refractivity (Wildman–Crippen MR) is 365 cm³/mol. The standard InChI is InChI=1S/2C19H32.2C8H9.2C7H15.2C3H7.2C2H6.2Y/c2*1-7-17-10-8-9-11-18(17)19(15(4)5)13-16(6)12-14(2)3;2*1-2-8-6-4-3-5-7-8;2*1-6(2)5-7(3)4;2*1-3-2;2*1-2;;/h2*8-11,14-16,19H,7,12-13H2,1-6H3;2*3-6H,2H2,1H3;2*6-7H,1,5H2,2-4H3;2*3H,1-2H3;2*1-2H3;;/q;;6*-1;;;2*+3. The maximum atomic E-state index is 3.88. The third kappa shape index (κ3) is 61.6. The monoisotopic (exact) mass is 1250 g/mol. The van der Waals surface area contributed by atoms with E-state index in [1.807, 2.05) is 105 Å². The molecule has 4 aromatic carbocycles. The first-order valence-electron chi connectivity index (χ1n) is 32.1. The van der Waals surface area contributed by atoms with E-state index in [0.717, 1.165) is 73.0 Å². The molecule has 0 saturated heterocycles. The third-order valence-corrected chi connectivity index (χ3v) is 12.4. The van der Waals surface area contributed by atoms with E-state index >= 15 is 0 Å². The fraction of sp³-hybridized carbons (Fsp3) is 0.641. The summed E-state index contributed by atoms with van der Waals surface area (Å²) in [6.07, 6.45) is 16.3. The summed E-state index contributed by atoms with van der Waals surface area (Å²) in [7, 11) is 0. The number of hydrogen-bond acceptors (Lipinski definition) is 0. The number of hydrogen-bond donors (Lipinski definition) is 0. The molecule has 0 aliphatic rings. The molecule has 0 aliphatic carbocycles. The van der Waals surface area contributed by atoms with E-state index in [1.165, 1.54) is 60.8 Å². The summed E-state index contributed by atoms with van der Waals surface area (Å²) in [6, 6.07) is 40.4. The summed E-state index contributed by atoms with van der Waals surface area (Å²) in [4.78, 5) is 0. The van der Waals surface area contributed by atoms with Crippen LogP contribution >= 0.6 is 0 Å². The molecule has 0 heterocycles. The molecule has 4 rings (SSSR count). The second-order valence-corrected chi connectivity index (χ2v) is 23.9. The molecule has 0 fully saturated rings. The van der Waals surface area contributed by atoms with Gasteiger partial charge in [0.2, 0.25) is 0 Å². The minimum atomic E-state index is 0. The number of benzene rings is 4. The van der Waals surface area contributed by atoms with Crippen molar-refractivity contribution >= 4 is 0 Å². The first kappa shape index (κ1) is 95.4. The van der Waals surface area contributed by atoms with Crippen LogP contribution in [0.1, 0.15) is 278 Å². The molecule has 0 nitrogen and oxygen atoms in total. The van der Waals surface area contributed by atoms with Gasteiger partial charge in [-0.25, -0.2) is 0 Å². The molecular formula is C78H138Y2. The zero-order valence-corrected chi connectivity index (χ0v) is 64.6. The summed E-state index contributed by atoms with van der Waals surface area (Å²) < 4.78 is 0. The molecule has 6 unspecified atom stereocenters. The van der Waals surface area contributed by atoms with Crippen molar-refractivity contribution in [1.82, 2.24) is 0 Å². The van der Waals surface area contributed by atoms with Crippen LogP contribution < -0.4 is 0 Å². The molecule has 0 aliphatic heterocycles. The van der Waals surface area contributed by atoms with Gasteiger partial charge >= 0.3 is 65.4 Å². The molecule has 0 saturated carbocycles. The minimum Gasteiger partial charge on any atom is -0.341 e. The van der Waals surface area contributed by atoms with Crippen LogP contribution in [0.25, 0.3) is 0 Å². The van der Waals surface area contributed by atoms with Crippen molar-refractivity contribution in [2.24, 2.45) is 59.2 Å². The van der Waals surface area contributed by atoms with Crippen LogP contribution in [0.5, 0.6) is 0 Å². The van der Waals surface area contributed by atoms with Crippen LogP contribution in [-0.2, 0) is 91.1 Å². The Balaban J connectivity index is -0.000000130. The van der Waals surface area contributed by atoms with Crippen molar-refractivity contribution in [2.75, 3.05) is 0 Å². The average molecular weight is 1250 g/mol. The Morgan fingerprint density at radius 2 is 0.613 bits per heavy atom. The quantitative estimate of drug-likeness (QED) is 0.0774. The molecule has 0 radical (unpaired) electrons. The molecule has 2 heteroatoms. The summed E-state index contributed by atoms with van der Waals surface area (Å²) in [5.74, 6) is 9.00. The van der Waals surface area contributed by atoms with Gasteiger partial charge < -0.3 is 26.7 Å². The van der Waals surface area contributed by atoms with E-state index in [2.05, 4.69) is 225 Å². The Morgan fingerprint density at radius 3 is 0.775 bits per heavy atom. The van der Waals surface area contributed by atoms with Gasteiger partial charge in [-0.15, -0.1) is 0 Å². The van der Waals surface area contributed by atoms with Crippen LogP contribution in [0.4, 0.5) is 0 Å². The Kier molecular flexibility index (Phi) is 80.2. The summed E-state index contributed by atoms with van der Waals surface area (Å²) in [5, 5.41) is 0. The molecule has 0 N–H and O–H groups in total. The van der Waals surface area contributed by atoms with Crippen molar-refractivity contribution in [1.29, 1.82) is 0 Å². The molecule has 0 spiro atoms. The summed E-state index contributed by atoms with van der Waals surface area (Å²) in [5.41, 5.74) is 8.84. The first-order valence-corrected chi connectivity index (χ1v) is 32.1. The van der Waals surface area contributed by atoms with Crippen molar-refractivity contribution < 1.29 is 65.4 Å². The Hall–Kier alpha value is -0.912. The zero-order valence-electron chi connectivity index (χ0n) is 59.0. The predicted octanol–water partition coefficient (Wildman–Crippen LogP) is 25.7. The second kappa shape index (κ2) is 67.2. The normalized spacial score (nSPS) is 12.2. The van der Waals surface area contributed by atoms with Crippen LogP contribution in [-0.4, -0.2) is 0 Å². The second-order valence-electron chi connectivity index (χ2n) is 23.9. The van der Waals surface area contributed by atoms with Gasteiger partial charge in [-0.1, -0.05) is 240 Å². The van der Waals surface area contributed by atoms with Gasteiger partial charge in [0.1, 0.15) is 0 Å². The topological polar surface area (TPSA) is 0 Å². The van der Waals surface area contributed by atoms with E-state index in [-0.39, 0.29) is 65.4 Å². The third-order valence-electron chi connectivity index (χ3n) is 12.4. The molecule has 4 aromatic rings. The van der Waals surface area contributed by atoms with Gasteiger partial charge in [-0.05, 0) is 120 Å². The van der Waals surface area contributed by atoms with Crippen molar-refractivity contribution in [3.05, 3.63) is 169 Å². The van der Waals surface area contributed by atoms with Gasteiger partial charge in [0, 0.05) is 0 Å². The van der Waals surface area contributed by atoms with E-state index in [4.69, 9.17) is 0 Å². The van der Waals surface area contributed by atoms with Crippen molar-refractivity contribution in [3.63, 3.8) is 0 Å². The van der Waals surface area contributed by atoms with E-state index < -0.39 is 0 Å². The average Bonchev–Trinajstić information content (AvgIpc) is 3.39. The fourth-order valence-electron chi connectivity index (χ4n) is 9.53. The number of rotatable bonds is 20. The molecule has 80 heavy (non-hydrogen) atoms. The maximum Gasteiger partial charge on any atom is 3.00 e. The SMILES string of the molecule is CC.CC.CCc1[c-]cccc1.CCc1[c-]cccc1.CCc1ccccc1C(CC(C)CC(C)C)C(C)C.CCc1ccccc1C(CC(C)CC(C)C)C(C)C.C[CH-]C.C[CH-]C.[CH2-]C(C)CC(C)C.[CH2-]C(C)CC(C)C.[Y+3].[Y+3]. The molecule has 0 aromatic heterocycles. The maximum absolute atomic E-state index is 3.88. The molecule has 0 amide bonds. The summed E-state index contributed by atoms with van der Waals surface area (Å²) >= 11 is 0. The molecular weight excluding hydrogens is 1110 g/mol. The number of aryl methyl sites for hydroxylation is 4. The largest absolute Gasteiger partial charge is 3.00 e. The van der Waals surface area contributed by atoms with E-state index in [0.29, 0.717) is 23.7 Å². The Bertz CT molecular complexity index is 1580. The van der Waals surface area contributed by atoms with Gasteiger partial charge in [0.05, 0.1) is 0 Å². The fourth-order valence-corrected chi connectivity index (χ4v) is 9.53. The minimum absolute atomic E-state index is 0. The van der Waals surface area contributed by atoms with Crippen LogP contribution in [0.15, 0.2) is 97.1 Å². The zero-order chi connectivity index (χ0) is 61.6. The smallest absolute Gasteiger partial charge is 0.341 e. The Morgan fingerprint density at radius 1 is 0.362 bits per heavy atom. The Labute approximate surface area is 558 Å². The first-order chi connectivity index (χ1) is 36.8. The van der Waals surface area contributed by atoms with Gasteiger partial charge in [-0.2, -0.15) is 111 Å². The van der Waals surface area contributed by atoms with Gasteiger partial charge in [0.15, 0.2) is 0 Å². The molecule has 456 valence electrons. The van der Waals surface area contributed by atoms with Crippen LogP contribution in [0.2, 0.25) is 0 Å². The van der Waals surface area contributed by atoms with Crippen LogP contribution in [0, 0.1) is 98.0 Å². The van der Waals surface area contributed by atoms with Crippen LogP contribution in [0.3, 0.4) is 0 Å². The van der Waals surface area contributed by atoms with E-state index in [9.17, 15) is 0 Å². The molecule has 6 atom stereocenters. The van der Waals surface area contributed by atoms with Crippen molar-refractivity contribution in [3.8, 4) is 0 Å². The molecule has 0 bridgehead atoms. The van der Waals surface area contributed by atoms with Gasteiger partial charge in [0.25, 0.3) is 0 Å². The van der Waals surface area contributed by atoms with Crippen molar-refractivity contribution in [2.45, 2.75) is 270 Å².